The van der Waals surface area contributed by atoms with Crippen LogP contribution in [0.2, 0.25) is 0 Å². The molecule has 2 fully saturated rings. The first-order chi connectivity index (χ1) is 10.2. The van der Waals surface area contributed by atoms with Gasteiger partial charge in [-0.1, -0.05) is 44.5 Å². The summed E-state index contributed by atoms with van der Waals surface area (Å²) in [4.78, 5) is 2.77. The molecule has 2 unspecified atom stereocenters. The van der Waals surface area contributed by atoms with Crippen LogP contribution in [0, 0.1) is 5.92 Å². The zero-order chi connectivity index (χ0) is 14.8. The molecule has 1 aromatic rings. The normalized spacial score (nSPS) is 27.8. The van der Waals surface area contributed by atoms with Gasteiger partial charge >= 0.3 is 0 Å². The number of nitrogens with two attached hydrogens (primary N) is 1. The molecule has 1 saturated carbocycles. The number of hydrogen-bond acceptors (Lipinski definition) is 2. The average Bonchev–Trinajstić information content (AvgIpc) is 3.32. The van der Waals surface area contributed by atoms with Gasteiger partial charge in [0.1, 0.15) is 0 Å². The lowest BCUT2D eigenvalue weighted by Gasteiger charge is -2.35. The standard InChI is InChI=1S/C19H30N2/c1-14(2)15-6-8-16(9-7-15)19-17(13-20)5-3-4-12-21(19)18-10-11-18/h6-9,14,17-19H,3-5,10-13,20H2,1-2H3. The summed E-state index contributed by atoms with van der Waals surface area (Å²) in [5.74, 6) is 1.23. The zero-order valence-electron chi connectivity index (χ0n) is 13.6. The summed E-state index contributed by atoms with van der Waals surface area (Å²) in [6.07, 6.45) is 6.74. The maximum atomic E-state index is 6.13. The largest absolute Gasteiger partial charge is 0.330 e. The smallest absolute Gasteiger partial charge is 0.0391 e. The molecular weight excluding hydrogens is 256 g/mol. The van der Waals surface area contributed by atoms with E-state index < -0.39 is 0 Å². The highest BCUT2D eigenvalue weighted by atomic mass is 15.2. The molecule has 0 amide bonds. The van der Waals surface area contributed by atoms with Crippen molar-refractivity contribution >= 4 is 0 Å². The minimum absolute atomic E-state index is 0.547. The molecule has 2 aliphatic rings. The fourth-order valence-electron chi connectivity index (χ4n) is 3.87. The van der Waals surface area contributed by atoms with Crippen molar-refractivity contribution in [2.75, 3.05) is 13.1 Å². The van der Waals surface area contributed by atoms with E-state index in [2.05, 4.69) is 43.0 Å². The van der Waals surface area contributed by atoms with E-state index in [1.165, 1.54) is 49.8 Å². The van der Waals surface area contributed by atoms with Crippen LogP contribution in [0.5, 0.6) is 0 Å². The average molecular weight is 286 g/mol. The highest BCUT2D eigenvalue weighted by molar-refractivity contribution is 5.28. The van der Waals surface area contributed by atoms with Gasteiger partial charge in [0, 0.05) is 12.1 Å². The van der Waals surface area contributed by atoms with Crippen molar-refractivity contribution in [1.29, 1.82) is 0 Å². The summed E-state index contributed by atoms with van der Waals surface area (Å²) in [6, 6.07) is 10.7. The van der Waals surface area contributed by atoms with Crippen molar-refractivity contribution in [2.24, 2.45) is 11.7 Å². The summed E-state index contributed by atoms with van der Waals surface area (Å²) in [6.45, 7) is 6.61. The second-order valence-corrected chi connectivity index (χ2v) is 7.23. The highest BCUT2D eigenvalue weighted by Crippen LogP contribution is 2.41. The lowest BCUT2D eigenvalue weighted by Crippen LogP contribution is -2.37. The van der Waals surface area contributed by atoms with Gasteiger partial charge in [0.25, 0.3) is 0 Å². The van der Waals surface area contributed by atoms with Crippen LogP contribution in [-0.4, -0.2) is 24.0 Å². The summed E-state index contributed by atoms with van der Waals surface area (Å²) >= 11 is 0. The third-order valence-corrected chi connectivity index (χ3v) is 5.31. The van der Waals surface area contributed by atoms with Gasteiger partial charge in [-0.05, 0) is 61.7 Å². The van der Waals surface area contributed by atoms with E-state index in [9.17, 15) is 0 Å². The monoisotopic (exact) mass is 286 g/mol. The molecule has 0 aromatic heterocycles. The van der Waals surface area contributed by atoms with Crippen LogP contribution in [0.4, 0.5) is 0 Å². The van der Waals surface area contributed by atoms with E-state index in [1.54, 1.807) is 0 Å². The molecule has 2 heteroatoms. The molecule has 1 aliphatic heterocycles. The first-order valence-corrected chi connectivity index (χ1v) is 8.76. The number of nitrogens with zero attached hydrogens (tertiary/aromatic N) is 1. The molecule has 21 heavy (non-hydrogen) atoms. The van der Waals surface area contributed by atoms with Crippen LogP contribution >= 0.6 is 0 Å². The van der Waals surface area contributed by atoms with Gasteiger partial charge in [-0.25, -0.2) is 0 Å². The van der Waals surface area contributed by atoms with Crippen LogP contribution in [0.15, 0.2) is 24.3 Å². The Morgan fingerprint density at radius 1 is 1.10 bits per heavy atom. The Balaban J connectivity index is 1.88. The third-order valence-electron chi connectivity index (χ3n) is 5.31. The Morgan fingerprint density at radius 3 is 2.38 bits per heavy atom. The van der Waals surface area contributed by atoms with Gasteiger partial charge in [-0.3, -0.25) is 4.90 Å². The van der Waals surface area contributed by atoms with E-state index in [-0.39, 0.29) is 0 Å². The van der Waals surface area contributed by atoms with Crippen LogP contribution in [-0.2, 0) is 0 Å². The van der Waals surface area contributed by atoms with Gasteiger partial charge in [0.05, 0.1) is 0 Å². The van der Waals surface area contributed by atoms with E-state index in [0.717, 1.165) is 12.6 Å². The molecule has 116 valence electrons. The van der Waals surface area contributed by atoms with Crippen LogP contribution < -0.4 is 5.73 Å². The topological polar surface area (TPSA) is 29.3 Å². The van der Waals surface area contributed by atoms with E-state index >= 15 is 0 Å². The van der Waals surface area contributed by atoms with Crippen molar-refractivity contribution in [2.45, 2.75) is 64.0 Å². The lowest BCUT2D eigenvalue weighted by molar-refractivity contribution is 0.149. The predicted octanol–water partition coefficient (Wildman–Crippen LogP) is 4.07. The molecule has 0 spiro atoms. The fourth-order valence-corrected chi connectivity index (χ4v) is 3.87. The number of rotatable bonds is 4. The van der Waals surface area contributed by atoms with Crippen molar-refractivity contribution in [3.05, 3.63) is 35.4 Å². The van der Waals surface area contributed by atoms with Gasteiger partial charge < -0.3 is 5.73 Å². The molecule has 1 heterocycles. The van der Waals surface area contributed by atoms with Gasteiger partial charge in [-0.15, -0.1) is 0 Å². The Morgan fingerprint density at radius 2 is 1.81 bits per heavy atom. The van der Waals surface area contributed by atoms with Gasteiger partial charge in [0.15, 0.2) is 0 Å². The summed E-state index contributed by atoms with van der Waals surface area (Å²) in [5.41, 5.74) is 9.06. The molecule has 3 rings (SSSR count). The first kappa shape index (κ1) is 15.1. The molecule has 1 aromatic carbocycles. The number of hydrogen-bond donors (Lipinski definition) is 1. The summed E-state index contributed by atoms with van der Waals surface area (Å²) in [5, 5.41) is 0. The molecule has 0 bridgehead atoms. The third kappa shape index (κ3) is 3.32. The Hall–Kier alpha value is -0.860. The maximum Gasteiger partial charge on any atom is 0.0391 e. The molecule has 2 nitrogen and oxygen atoms in total. The van der Waals surface area contributed by atoms with Crippen molar-refractivity contribution in [3.63, 3.8) is 0 Å². The predicted molar refractivity (Wildman–Crippen MR) is 89.4 cm³/mol. The zero-order valence-corrected chi connectivity index (χ0v) is 13.6. The van der Waals surface area contributed by atoms with Crippen molar-refractivity contribution in [3.8, 4) is 0 Å². The van der Waals surface area contributed by atoms with E-state index in [4.69, 9.17) is 5.73 Å². The lowest BCUT2D eigenvalue weighted by atomic mass is 9.88. The summed E-state index contributed by atoms with van der Waals surface area (Å²) < 4.78 is 0. The first-order valence-electron chi connectivity index (χ1n) is 8.76. The van der Waals surface area contributed by atoms with Gasteiger partial charge in [-0.2, -0.15) is 0 Å². The Kier molecular flexibility index (Phi) is 4.66. The second kappa shape index (κ2) is 6.50. The fraction of sp³-hybridized carbons (Fsp3) is 0.684. The number of benzene rings is 1. The van der Waals surface area contributed by atoms with Crippen LogP contribution in [0.3, 0.4) is 0 Å². The van der Waals surface area contributed by atoms with Crippen LogP contribution in [0.1, 0.15) is 69.0 Å². The van der Waals surface area contributed by atoms with Crippen LogP contribution in [0.25, 0.3) is 0 Å². The molecule has 1 aliphatic carbocycles. The van der Waals surface area contributed by atoms with Crippen molar-refractivity contribution < 1.29 is 0 Å². The molecular formula is C19H30N2. The highest BCUT2D eigenvalue weighted by Gasteiger charge is 2.38. The minimum atomic E-state index is 0.547. The van der Waals surface area contributed by atoms with Crippen molar-refractivity contribution in [1.82, 2.24) is 4.90 Å². The second-order valence-electron chi connectivity index (χ2n) is 7.23. The minimum Gasteiger partial charge on any atom is -0.330 e. The molecule has 0 radical (unpaired) electrons. The number of likely N-dealkylation sites (tertiary alicyclic amines) is 1. The Bertz CT molecular complexity index is 447. The maximum absolute atomic E-state index is 6.13. The molecule has 1 saturated heterocycles. The van der Waals surface area contributed by atoms with E-state index in [1.807, 2.05) is 0 Å². The van der Waals surface area contributed by atoms with Gasteiger partial charge in [0.2, 0.25) is 0 Å². The quantitative estimate of drug-likeness (QED) is 0.904. The van der Waals surface area contributed by atoms with E-state index in [0.29, 0.717) is 17.9 Å². The Labute approximate surface area is 129 Å². The molecule has 2 N–H and O–H groups in total. The SMILES string of the molecule is CC(C)c1ccc(C2C(CN)CCCCN2C2CC2)cc1. The summed E-state index contributed by atoms with van der Waals surface area (Å²) in [7, 11) is 0. The molecule has 2 atom stereocenters.